The molecule has 40 heavy (non-hydrogen) atoms. The number of benzene rings is 2. The van der Waals surface area contributed by atoms with Gasteiger partial charge in [0.15, 0.2) is 0 Å². The number of halogens is 3. The summed E-state index contributed by atoms with van der Waals surface area (Å²) in [4.78, 5) is 18.8. The fraction of sp³-hybridized carbons (Fsp3) is 0.467. The molecule has 6 nitrogen and oxygen atoms in total. The Labute approximate surface area is 236 Å². The molecule has 0 radical (unpaired) electrons. The molecular formula is C30H35F3N2O4S. The zero-order valence-corrected chi connectivity index (χ0v) is 23.3. The number of aliphatic hydroxyl groups is 1. The number of aromatic nitrogens is 1. The highest BCUT2D eigenvalue weighted by molar-refractivity contribution is 7.99. The number of hydrogen-bond acceptors (Lipinski definition) is 6. The largest absolute Gasteiger partial charge is 0.497 e. The van der Waals surface area contributed by atoms with Crippen LogP contribution in [0.1, 0.15) is 49.3 Å². The van der Waals surface area contributed by atoms with Crippen molar-refractivity contribution >= 4 is 28.6 Å². The number of fused-ring (bicyclic) bond motifs is 1. The summed E-state index contributed by atoms with van der Waals surface area (Å²) in [5.41, 5.74) is 0.949. The van der Waals surface area contributed by atoms with Gasteiger partial charge in [-0.2, -0.15) is 13.2 Å². The number of likely N-dealkylation sites (tertiary alicyclic amines) is 1. The molecule has 0 bridgehead atoms. The lowest BCUT2D eigenvalue weighted by Gasteiger charge is -2.39. The SMILES string of the molecule is COc1ccc2nccc(C(O)CC[C@@H]3CCN(CCSc4ccc(C(F)(F)F)cc4)C[C@@H]3CCC(=O)O)c2c1. The summed E-state index contributed by atoms with van der Waals surface area (Å²) in [7, 11) is 1.60. The third-order valence-electron chi connectivity index (χ3n) is 7.71. The van der Waals surface area contributed by atoms with Gasteiger partial charge in [0.2, 0.25) is 0 Å². The minimum atomic E-state index is -4.34. The zero-order chi connectivity index (χ0) is 28.7. The van der Waals surface area contributed by atoms with Crippen LogP contribution in [-0.2, 0) is 11.0 Å². The van der Waals surface area contributed by atoms with E-state index < -0.39 is 23.8 Å². The highest BCUT2D eigenvalue weighted by atomic mass is 32.2. The van der Waals surface area contributed by atoms with E-state index in [0.29, 0.717) is 24.5 Å². The van der Waals surface area contributed by atoms with Crippen molar-refractivity contribution in [1.82, 2.24) is 9.88 Å². The number of pyridine rings is 1. The summed E-state index contributed by atoms with van der Waals surface area (Å²) < 4.78 is 43.7. The van der Waals surface area contributed by atoms with Gasteiger partial charge in [-0.3, -0.25) is 9.78 Å². The van der Waals surface area contributed by atoms with E-state index in [4.69, 9.17) is 4.74 Å². The highest BCUT2D eigenvalue weighted by Gasteiger charge is 2.31. The summed E-state index contributed by atoms with van der Waals surface area (Å²) in [5, 5.41) is 21.3. The van der Waals surface area contributed by atoms with Gasteiger partial charge in [-0.25, -0.2) is 0 Å². The second-order valence-electron chi connectivity index (χ2n) is 10.3. The van der Waals surface area contributed by atoms with Crippen molar-refractivity contribution < 1.29 is 32.9 Å². The lowest BCUT2D eigenvalue weighted by Crippen LogP contribution is -2.41. The number of alkyl halides is 3. The van der Waals surface area contributed by atoms with Crippen LogP contribution in [0, 0.1) is 11.8 Å². The second kappa shape index (κ2) is 13.7. The Hall–Kier alpha value is -2.82. The first-order valence-corrected chi connectivity index (χ1v) is 14.5. The molecule has 4 rings (SSSR count). The van der Waals surface area contributed by atoms with E-state index in [1.165, 1.54) is 23.9 Å². The molecule has 1 fully saturated rings. The Morgan fingerprint density at radius 2 is 1.93 bits per heavy atom. The Morgan fingerprint density at radius 1 is 1.15 bits per heavy atom. The topological polar surface area (TPSA) is 82.9 Å². The molecule has 10 heteroatoms. The number of aliphatic hydroxyl groups excluding tert-OH is 1. The second-order valence-corrected chi connectivity index (χ2v) is 11.5. The summed E-state index contributed by atoms with van der Waals surface area (Å²) in [6, 6.07) is 12.7. The van der Waals surface area contributed by atoms with E-state index in [9.17, 15) is 28.2 Å². The van der Waals surface area contributed by atoms with E-state index in [0.717, 1.165) is 71.7 Å². The molecule has 1 aliphatic rings. The number of methoxy groups -OCH3 is 1. The van der Waals surface area contributed by atoms with Gasteiger partial charge in [0, 0.05) is 41.7 Å². The van der Waals surface area contributed by atoms with E-state index in [1.807, 2.05) is 24.3 Å². The Kier molecular flexibility index (Phi) is 10.3. The maximum absolute atomic E-state index is 12.8. The van der Waals surface area contributed by atoms with Crippen LogP contribution in [0.3, 0.4) is 0 Å². The van der Waals surface area contributed by atoms with Gasteiger partial charge in [0.25, 0.3) is 0 Å². The number of piperidine rings is 1. The van der Waals surface area contributed by atoms with E-state index in [2.05, 4.69) is 9.88 Å². The summed E-state index contributed by atoms with van der Waals surface area (Å²) in [6.07, 6.45) is -0.371. The molecule has 2 heterocycles. The Bertz CT molecular complexity index is 1270. The van der Waals surface area contributed by atoms with Crippen molar-refractivity contribution in [2.75, 3.05) is 32.5 Å². The number of thioether (sulfide) groups is 1. The first-order valence-electron chi connectivity index (χ1n) is 13.5. The van der Waals surface area contributed by atoms with Gasteiger partial charge in [0.1, 0.15) is 5.75 Å². The van der Waals surface area contributed by atoms with Crippen LogP contribution >= 0.6 is 11.8 Å². The number of rotatable bonds is 12. The summed E-state index contributed by atoms with van der Waals surface area (Å²) >= 11 is 1.52. The first-order chi connectivity index (χ1) is 19.1. The van der Waals surface area contributed by atoms with Crippen LogP contribution in [0.25, 0.3) is 10.9 Å². The molecule has 0 saturated carbocycles. The Morgan fingerprint density at radius 3 is 2.62 bits per heavy atom. The molecule has 2 N–H and O–H groups in total. The van der Waals surface area contributed by atoms with Gasteiger partial charge in [-0.1, -0.05) is 0 Å². The van der Waals surface area contributed by atoms with Crippen LogP contribution < -0.4 is 4.74 Å². The van der Waals surface area contributed by atoms with E-state index in [-0.39, 0.29) is 12.3 Å². The van der Waals surface area contributed by atoms with Crippen LogP contribution in [0.2, 0.25) is 0 Å². The van der Waals surface area contributed by atoms with Crippen LogP contribution in [0.5, 0.6) is 5.75 Å². The van der Waals surface area contributed by atoms with Crippen LogP contribution in [0.15, 0.2) is 59.6 Å². The fourth-order valence-electron chi connectivity index (χ4n) is 5.50. The highest BCUT2D eigenvalue weighted by Crippen LogP contribution is 2.36. The molecule has 0 aliphatic carbocycles. The molecular weight excluding hydrogens is 541 g/mol. The van der Waals surface area contributed by atoms with E-state index >= 15 is 0 Å². The monoisotopic (exact) mass is 576 g/mol. The maximum Gasteiger partial charge on any atom is 0.416 e. The average Bonchev–Trinajstić information content (AvgIpc) is 2.94. The van der Waals surface area contributed by atoms with Crippen molar-refractivity contribution in [2.45, 2.75) is 49.3 Å². The molecule has 1 aliphatic heterocycles. The van der Waals surface area contributed by atoms with Crippen LogP contribution in [-0.4, -0.2) is 58.6 Å². The first kappa shape index (κ1) is 30.1. The molecule has 0 amide bonds. The number of carbonyl (C=O) groups is 1. The zero-order valence-electron chi connectivity index (χ0n) is 22.4. The molecule has 1 aromatic heterocycles. The standard InChI is InChI=1S/C30H35F3N2O4S/c1-39-23-6-9-27-26(18-23)25(12-14-34-27)28(36)10-2-20-13-15-35(19-21(20)3-11-29(37)38)16-17-40-24-7-4-22(5-8-24)30(31,32)33/h4-9,12,14,18,20-21,28,36H,2-3,10-11,13,15-17,19H2,1H3,(H,37,38)/t20-,21+,28?/m1/s1. The van der Waals surface area contributed by atoms with Crippen molar-refractivity contribution in [3.05, 3.63) is 65.9 Å². The van der Waals surface area contributed by atoms with Gasteiger partial charge < -0.3 is 19.8 Å². The summed E-state index contributed by atoms with van der Waals surface area (Å²) in [6.45, 7) is 2.42. The molecule has 3 aromatic rings. The Balaban J connectivity index is 1.33. The number of hydrogen-bond donors (Lipinski definition) is 2. The molecule has 1 saturated heterocycles. The molecule has 216 valence electrons. The number of nitrogens with zero attached hydrogens (tertiary/aromatic N) is 2. The molecule has 2 aromatic carbocycles. The number of aliphatic carboxylic acids is 1. The minimum Gasteiger partial charge on any atom is -0.497 e. The normalized spacial score (nSPS) is 19.0. The minimum absolute atomic E-state index is 0.104. The predicted octanol–water partition coefficient (Wildman–Crippen LogP) is 6.67. The maximum atomic E-state index is 12.8. The fourth-order valence-corrected chi connectivity index (χ4v) is 6.41. The van der Waals surface area contributed by atoms with Gasteiger partial charge in [-0.05, 0) is 98.2 Å². The lowest BCUT2D eigenvalue weighted by atomic mass is 9.79. The lowest BCUT2D eigenvalue weighted by molar-refractivity contribution is -0.138. The van der Waals surface area contributed by atoms with E-state index in [1.54, 1.807) is 13.3 Å². The predicted molar refractivity (Wildman–Crippen MR) is 150 cm³/mol. The average molecular weight is 577 g/mol. The van der Waals surface area contributed by atoms with Crippen molar-refractivity contribution in [3.63, 3.8) is 0 Å². The molecule has 1 unspecified atom stereocenters. The van der Waals surface area contributed by atoms with Crippen molar-refractivity contribution in [2.24, 2.45) is 11.8 Å². The van der Waals surface area contributed by atoms with Crippen LogP contribution in [0.4, 0.5) is 13.2 Å². The third-order valence-corrected chi connectivity index (χ3v) is 8.71. The van der Waals surface area contributed by atoms with Crippen molar-refractivity contribution in [3.8, 4) is 5.75 Å². The number of ether oxygens (including phenoxy) is 1. The number of carboxylic acids is 1. The third kappa shape index (κ3) is 8.11. The summed E-state index contributed by atoms with van der Waals surface area (Å²) in [5.74, 6) is 1.12. The molecule has 0 spiro atoms. The smallest absolute Gasteiger partial charge is 0.416 e. The van der Waals surface area contributed by atoms with Gasteiger partial charge >= 0.3 is 12.1 Å². The number of carboxylic acid groups (broad SMARTS) is 1. The quantitative estimate of drug-likeness (QED) is 0.233. The van der Waals surface area contributed by atoms with Gasteiger partial charge in [0.05, 0.1) is 24.3 Å². The molecule has 3 atom stereocenters. The van der Waals surface area contributed by atoms with Crippen molar-refractivity contribution in [1.29, 1.82) is 0 Å². The van der Waals surface area contributed by atoms with Gasteiger partial charge in [-0.15, -0.1) is 11.8 Å².